The van der Waals surface area contributed by atoms with E-state index in [9.17, 15) is 0 Å². The van der Waals surface area contributed by atoms with E-state index in [-0.39, 0.29) is 24.8 Å². The predicted molar refractivity (Wildman–Crippen MR) is 37.2 cm³/mol. The lowest BCUT2D eigenvalue weighted by Crippen LogP contribution is -0.856. The highest BCUT2D eigenvalue weighted by atomic mass is 35.5. The van der Waals surface area contributed by atoms with Crippen LogP contribution in [0.1, 0.15) is 27.7 Å². The third-order valence-corrected chi connectivity index (χ3v) is 0. The van der Waals surface area contributed by atoms with Gasteiger partial charge in [-0.3, -0.25) is 0 Å². The normalized spacial score (nSPS) is 2.00. The van der Waals surface area contributed by atoms with Crippen LogP contribution in [-0.4, -0.2) is 0 Å². The van der Waals surface area contributed by atoms with Gasteiger partial charge >= 0.3 is 0 Å². The Morgan fingerprint density at radius 1 is 0.500 bits per heavy atom. The third kappa shape index (κ3) is 174. The molecular formula is C4H14Cl2. The molecule has 0 saturated heterocycles. The Morgan fingerprint density at radius 3 is 0.500 bits per heavy atom. The van der Waals surface area contributed by atoms with Gasteiger partial charge in [0.1, 0.15) is 0 Å². The highest BCUT2D eigenvalue weighted by molar-refractivity contribution is 5.85. The molecular weight excluding hydrogens is 119 g/mol. The highest BCUT2D eigenvalue weighted by Gasteiger charge is 0.934. The molecule has 44 valence electrons. The molecule has 0 spiro atoms. The molecule has 0 unspecified atom stereocenters. The Kier molecular flexibility index (Phi) is 1780. The molecule has 0 aliphatic carbocycles. The quantitative estimate of drug-likeness (QED) is 0.476. The summed E-state index contributed by atoms with van der Waals surface area (Å²) in [5.41, 5.74) is 0. The third-order valence-electron chi connectivity index (χ3n) is 0. The van der Waals surface area contributed by atoms with Crippen molar-refractivity contribution in [3.63, 3.8) is 0 Å². The van der Waals surface area contributed by atoms with Gasteiger partial charge in [-0.1, -0.05) is 27.7 Å². The average molecular weight is 133 g/mol. The van der Waals surface area contributed by atoms with E-state index in [1.54, 1.807) is 0 Å². The van der Waals surface area contributed by atoms with Gasteiger partial charge in [-0.05, 0) is 0 Å². The van der Waals surface area contributed by atoms with E-state index in [0.29, 0.717) is 0 Å². The molecule has 0 fully saturated rings. The Bertz CT molecular complexity index is 5.51. The summed E-state index contributed by atoms with van der Waals surface area (Å²) in [7, 11) is 0. The van der Waals surface area contributed by atoms with Crippen LogP contribution in [0.5, 0.6) is 0 Å². The van der Waals surface area contributed by atoms with Gasteiger partial charge in [-0.2, -0.15) is 0 Å². The van der Waals surface area contributed by atoms with Crippen LogP contribution in [0.15, 0.2) is 0 Å². The van der Waals surface area contributed by atoms with E-state index in [2.05, 4.69) is 0 Å². The molecule has 0 amide bonds. The van der Waals surface area contributed by atoms with Crippen LogP contribution >= 0.6 is 24.8 Å². The van der Waals surface area contributed by atoms with Gasteiger partial charge in [0.05, 0.1) is 0 Å². The van der Waals surface area contributed by atoms with Gasteiger partial charge in [0.15, 0.2) is 0 Å². The standard InChI is InChI=1S/2C2H6.2ClH/c2*1-2;;/h2*1-2H3;2*1H. The first-order valence-corrected chi connectivity index (χ1v) is 2.00. The first-order valence-electron chi connectivity index (χ1n) is 2.00. The summed E-state index contributed by atoms with van der Waals surface area (Å²) in [4.78, 5) is 0. The minimum atomic E-state index is 0. The first-order chi connectivity index (χ1) is 2.00. The molecule has 0 aliphatic rings. The predicted octanol–water partition coefficient (Wildman–Crippen LogP) is 2.90. The van der Waals surface area contributed by atoms with Gasteiger partial charge in [-0.25, -0.2) is 0 Å². The molecule has 0 aliphatic heterocycles. The SMILES string of the molecule is CC.CC.Cl.Cl. The summed E-state index contributed by atoms with van der Waals surface area (Å²) in [6.45, 7) is 8.00. The number of halogens is 2. The largest absolute Gasteiger partial charge is 0.147 e. The Balaban J connectivity index is -0.00000000500. The second-order valence-corrected chi connectivity index (χ2v) is 0. The van der Waals surface area contributed by atoms with Crippen LogP contribution in [0.3, 0.4) is 0 Å². The molecule has 0 radical (unpaired) electrons. The molecule has 0 N–H and O–H groups in total. The van der Waals surface area contributed by atoms with Gasteiger partial charge in [-0.15, -0.1) is 24.8 Å². The van der Waals surface area contributed by atoms with Crippen LogP contribution in [0.4, 0.5) is 0 Å². The Morgan fingerprint density at radius 2 is 0.500 bits per heavy atom. The van der Waals surface area contributed by atoms with Crippen molar-refractivity contribution < 1.29 is 0 Å². The number of hydrogen-bond donors (Lipinski definition) is 0. The van der Waals surface area contributed by atoms with E-state index in [1.165, 1.54) is 0 Å². The first kappa shape index (κ1) is 30.8. The second-order valence-electron chi connectivity index (χ2n) is 0. The molecule has 0 heterocycles. The smallest absolute Gasteiger partial charge is 0.0683 e. The summed E-state index contributed by atoms with van der Waals surface area (Å²) in [5.74, 6) is 0. The highest BCUT2D eigenvalue weighted by Crippen LogP contribution is 1.15. The van der Waals surface area contributed by atoms with E-state index >= 15 is 0 Å². The summed E-state index contributed by atoms with van der Waals surface area (Å²) in [6, 6.07) is 0. The molecule has 0 aromatic carbocycles. The minimum absolute atomic E-state index is 0. The van der Waals surface area contributed by atoms with E-state index in [0.717, 1.165) is 0 Å². The van der Waals surface area contributed by atoms with Crippen molar-refractivity contribution in [3.05, 3.63) is 0 Å². The molecule has 0 atom stereocenters. The summed E-state index contributed by atoms with van der Waals surface area (Å²) in [6.07, 6.45) is 0. The lowest BCUT2D eigenvalue weighted by molar-refractivity contribution is 1.50. The Labute approximate surface area is 53.1 Å². The Hall–Kier alpha value is 0.580. The molecule has 0 rings (SSSR count). The van der Waals surface area contributed by atoms with E-state index in [1.807, 2.05) is 27.7 Å². The molecule has 0 aromatic heterocycles. The van der Waals surface area contributed by atoms with Crippen molar-refractivity contribution in [1.29, 1.82) is 0 Å². The van der Waals surface area contributed by atoms with Crippen LogP contribution < -0.4 is 0 Å². The molecule has 0 saturated carbocycles. The van der Waals surface area contributed by atoms with Crippen LogP contribution in [0, 0.1) is 0 Å². The van der Waals surface area contributed by atoms with Gasteiger partial charge < -0.3 is 0 Å². The van der Waals surface area contributed by atoms with Crippen molar-refractivity contribution >= 4 is 24.8 Å². The van der Waals surface area contributed by atoms with E-state index in [4.69, 9.17) is 0 Å². The summed E-state index contributed by atoms with van der Waals surface area (Å²) in [5, 5.41) is 0. The van der Waals surface area contributed by atoms with Gasteiger partial charge in [0.25, 0.3) is 0 Å². The topological polar surface area (TPSA) is 0 Å². The maximum atomic E-state index is 2.00. The fourth-order valence-corrected chi connectivity index (χ4v) is 0. The molecule has 6 heavy (non-hydrogen) atoms. The van der Waals surface area contributed by atoms with Crippen molar-refractivity contribution in [3.8, 4) is 0 Å². The summed E-state index contributed by atoms with van der Waals surface area (Å²) < 4.78 is 0. The second kappa shape index (κ2) is 348. The molecule has 0 nitrogen and oxygen atoms in total. The van der Waals surface area contributed by atoms with Crippen LogP contribution in [0.25, 0.3) is 0 Å². The van der Waals surface area contributed by atoms with Crippen molar-refractivity contribution in [2.45, 2.75) is 27.7 Å². The van der Waals surface area contributed by atoms with Crippen molar-refractivity contribution in [1.82, 2.24) is 0 Å². The molecule has 2 heteroatoms. The lowest BCUT2D eigenvalue weighted by atomic mass is 11.0. The maximum absolute atomic E-state index is 2.00. The van der Waals surface area contributed by atoms with Crippen molar-refractivity contribution in [2.75, 3.05) is 0 Å². The average Bonchev–Trinajstić information content (AvgIpc) is 1.50. The maximum Gasteiger partial charge on any atom is -0.0683 e. The van der Waals surface area contributed by atoms with Crippen LogP contribution in [0.2, 0.25) is 0 Å². The fourth-order valence-electron chi connectivity index (χ4n) is 0. The van der Waals surface area contributed by atoms with Crippen LogP contribution in [-0.2, 0) is 0 Å². The number of hydrogen-bond acceptors (Lipinski definition) is 0. The van der Waals surface area contributed by atoms with Gasteiger partial charge in [0.2, 0.25) is 0 Å². The number of rotatable bonds is 0. The molecule has 0 aromatic rings. The zero-order valence-corrected chi connectivity index (χ0v) is 6.45. The monoisotopic (exact) mass is 132 g/mol. The molecule has 0 bridgehead atoms. The zero-order chi connectivity index (χ0) is 4.00. The zero-order valence-electron chi connectivity index (χ0n) is 4.82. The van der Waals surface area contributed by atoms with E-state index < -0.39 is 0 Å². The van der Waals surface area contributed by atoms with Gasteiger partial charge in [0, 0.05) is 0 Å². The lowest BCUT2D eigenvalue weighted by Gasteiger charge is -1.07. The van der Waals surface area contributed by atoms with Crippen molar-refractivity contribution in [2.24, 2.45) is 0 Å². The minimum Gasteiger partial charge on any atom is -0.147 e. The fraction of sp³-hybridized carbons (Fsp3) is 1.00. The summed E-state index contributed by atoms with van der Waals surface area (Å²) >= 11 is 0.